The fourth-order valence-corrected chi connectivity index (χ4v) is 6.36. The summed E-state index contributed by atoms with van der Waals surface area (Å²) < 4.78 is 81.7. The molecule has 0 atom stereocenters. The Kier molecular flexibility index (Phi) is 7.13. The number of carbonyl (C=O) groups excluding carboxylic acids is 1. The van der Waals surface area contributed by atoms with Crippen molar-refractivity contribution in [1.82, 2.24) is 19.2 Å². The summed E-state index contributed by atoms with van der Waals surface area (Å²) in [6.07, 6.45) is -2.37. The van der Waals surface area contributed by atoms with Crippen molar-refractivity contribution in [1.29, 1.82) is 0 Å². The highest BCUT2D eigenvalue weighted by molar-refractivity contribution is 7.92. The van der Waals surface area contributed by atoms with E-state index in [1.807, 2.05) is 0 Å². The first-order valence-electron chi connectivity index (χ1n) is 12.7. The van der Waals surface area contributed by atoms with E-state index in [0.717, 1.165) is 22.2 Å². The minimum Gasteiger partial charge on any atom is -0.493 e. The van der Waals surface area contributed by atoms with Crippen LogP contribution in [-0.2, 0) is 21.0 Å². The molecule has 222 valence electrons. The number of hydrogen-bond donors (Lipinski definition) is 3. The Balaban J connectivity index is 1.33. The second-order valence-corrected chi connectivity index (χ2v) is 12.0. The molecular formula is C27H25F4N5O5S. The molecule has 15 heteroatoms. The Bertz CT molecular complexity index is 1790. The number of carbonyl (C=O) groups is 1. The van der Waals surface area contributed by atoms with Crippen molar-refractivity contribution in [2.45, 2.75) is 38.4 Å². The van der Waals surface area contributed by atoms with Crippen LogP contribution in [0.25, 0.3) is 11.8 Å². The standard InChI is InChI=1S/C27H25F4N5O5S/c1-15-11-18(36-22(37)14-32-25(36)39)12-16(2)19(15)5-10-42(40,41)35-8-6-26(7-9-35)24(38)33-23(34-26)17-3-4-21(28)20(13-17)27(29,30)31/h3-5,10-14,37H,6-9H2,1-2H3,(H,32,39)(H,33,34,38). The number of nitrogens with zero attached hydrogens (tertiary/aromatic N) is 3. The highest BCUT2D eigenvalue weighted by Gasteiger charge is 2.47. The summed E-state index contributed by atoms with van der Waals surface area (Å²) in [7, 11) is -3.93. The second-order valence-electron chi connectivity index (χ2n) is 10.2. The Morgan fingerprint density at radius 2 is 1.71 bits per heavy atom. The average Bonchev–Trinajstić information content (AvgIpc) is 3.41. The maximum absolute atomic E-state index is 13.7. The lowest BCUT2D eigenvalue weighted by Crippen LogP contribution is -2.50. The zero-order valence-corrected chi connectivity index (χ0v) is 23.1. The van der Waals surface area contributed by atoms with E-state index in [1.165, 1.54) is 10.4 Å². The molecule has 3 aromatic rings. The smallest absolute Gasteiger partial charge is 0.419 e. The molecule has 3 N–H and O–H groups in total. The quantitative estimate of drug-likeness (QED) is 0.382. The van der Waals surface area contributed by atoms with Crippen molar-refractivity contribution in [2.24, 2.45) is 4.99 Å². The highest BCUT2D eigenvalue weighted by atomic mass is 32.2. The number of rotatable bonds is 5. The molecule has 1 aromatic heterocycles. The molecule has 0 saturated carbocycles. The minimum absolute atomic E-state index is 0.00954. The summed E-state index contributed by atoms with van der Waals surface area (Å²) >= 11 is 0. The first kappa shape index (κ1) is 29.3. The monoisotopic (exact) mass is 607 g/mol. The van der Waals surface area contributed by atoms with Crippen LogP contribution in [0.3, 0.4) is 0 Å². The summed E-state index contributed by atoms with van der Waals surface area (Å²) in [5, 5.41) is 13.5. The molecule has 42 heavy (non-hydrogen) atoms. The van der Waals surface area contributed by atoms with Crippen LogP contribution in [0, 0.1) is 19.7 Å². The number of aliphatic imine (C=N–C) groups is 1. The van der Waals surface area contributed by atoms with Gasteiger partial charge in [0, 0.05) is 24.1 Å². The second kappa shape index (κ2) is 10.2. The first-order valence-corrected chi connectivity index (χ1v) is 14.2. The normalized spacial score (nSPS) is 17.7. The number of sulfonamides is 1. The van der Waals surface area contributed by atoms with Crippen LogP contribution in [0.1, 0.15) is 40.7 Å². The molecule has 3 heterocycles. The van der Waals surface area contributed by atoms with Crippen molar-refractivity contribution in [3.05, 3.63) is 86.1 Å². The van der Waals surface area contributed by atoms with Crippen molar-refractivity contribution < 1.29 is 35.9 Å². The van der Waals surface area contributed by atoms with Gasteiger partial charge in [0.15, 0.2) is 0 Å². The molecule has 2 aromatic carbocycles. The lowest BCUT2D eigenvalue weighted by Gasteiger charge is -2.34. The number of H-pyrrole nitrogens is 1. The molecule has 0 bridgehead atoms. The Hall–Kier alpha value is -4.24. The number of halogens is 4. The zero-order valence-electron chi connectivity index (χ0n) is 22.3. The number of hydrogen-bond acceptors (Lipinski definition) is 6. The van der Waals surface area contributed by atoms with Gasteiger partial charge in [0.2, 0.25) is 15.9 Å². The zero-order chi connectivity index (χ0) is 30.6. The van der Waals surface area contributed by atoms with E-state index in [2.05, 4.69) is 15.3 Å². The maximum Gasteiger partial charge on any atom is 0.419 e. The van der Waals surface area contributed by atoms with Crippen molar-refractivity contribution in [2.75, 3.05) is 13.1 Å². The van der Waals surface area contributed by atoms with Crippen LogP contribution >= 0.6 is 0 Å². The molecule has 0 aliphatic carbocycles. The van der Waals surface area contributed by atoms with E-state index >= 15 is 0 Å². The van der Waals surface area contributed by atoms with Crippen molar-refractivity contribution in [3.63, 3.8) is 0 Å². The third-order valence-electron chi connectivity index (χ3n) is 7.44. The van der Waals surface area contributed by atoms with Gasteiger partial charge in [-0.1, -0.05) is 0 Å². The predicted octanol–water partition coefficient (Wildman–Crippen LogP) is 3.36. The largest absolute Gasteiger partial charge is 0.493 e. The number of amidine groups is 1. The summed E-state index contributed by atoms with van der Waals surface area (Å²) in [6.45, 7) is 3.33. The molecule has 1 saturated heterocycles. The molecule has 0 unspecified atom stereocenters. The van der Waals surface area contributed by atoms with Crippen LogP contribution in [0.15, 0.2) is 51.7 Å². The number of aryl methyl sites for hydroxylation is 2. The van der Waals surface area contributed by atoms with Gasteiger partial charge in [-0.15, -0.1) is 0 Å². The van der Waals surface area contributed by atoms with Gasteiger partial charge in [0.25, 0.3) is 5.91 Å². The summed E-state index contributed by atoms with van der Waals surface area (Å²) in [6, 6.07) is 5.58. The molecule has 0 radical (unpaired) electrons. The number of aromatic hydroxyl groups is 1. The highest BCUT2D eigenvalue weighted by Crippen LogP contribution is 2.35. The van der Waals surface area contributed by atoms with E-state index in [0.29, 0.717) is 34.5 Å². The molecule has 1 spiro atoms. The number of piperidine rings is 1. The number of amides is 1. The molecule has 5 rings (SSSR count). The molecule has 2 aliphatic rings. The van der Waals surface area contributed by atoms with Crippen LogP contribution < -0.4 is 11.0 Å². The topological polar surface area (TPSA) is 137 Å². The van der Waals surface area contributed by atoms with Gasteiger partial charge in [-0.25, -0.2) is 22.2 Å². The molecular weight excluding hydrogens is 582 g/mol. The lowest BCUT2D eigenvalue weighted by molar-refractivity contribution is -0.140. The van der Waals surface area contributed by atoms with Gasteiger partial charge >= 0.3 is 11.9 Å². The molecule has 10 nitrogen and oxygen atoms in total. The van der Waals surface area contributed by atoms with Gasteiger partial charge in [-0.3, -0.25) is 9.79 Å². The van der Waals surface area contributed by atoms with E-state index in [4.69, 9.17) is 0 Å². The van der Waals surface area contributed by atoms with Gasteiger partial charge in [-0.05, 0) is 79.8 Å². The Morgan fingerprint density at radius 3 is 2.29 bits per heavy atom. The number of imidazole rings is 1. The summed E-state index contributed by atoms with van der Waals surface area (Å²) in [5.74, 6) is -2.42. The van der Waals surface area contributed by atoms with Crippen molar-refractivity contribution >= 4 is 27.8 Å². The van der Waals surface area contributed by atoms with Gasteiger partial charge in [-0.2, -0.15) is 17.5 Å². The van der Waals surface area contributed by atoms with Crippen LogP contribution in [-0.4, -0.2) is 57.8 Å². The summed E-state index contributed by atoms with van der Waals surface area (Å²) in [5.41, 5.74) is -1.18. The van der Waals surface area contributed by atoms with Crippen LogP contribution in [0.2, 0.25) is 0 Å². The molecule has 1 amide bonds. The van der Waals surface area contributed by atoms with Gasteiger partial charge < -0.3 is 15.4 Å². The Labute approximate surface area is 237 Å². The minimum atomic E-state index is -4.93. The van der Waals surface area contributed by atoms with Crippen LogP contribution in [0.5, 0.6) is 5.88 Å². The number of nitrogens with one attached hydrogen (secondary N) is 2. The lowest BCUT2D eigenvalue weighted by atomic mass is 9.89. The third-order valence-corrected chi connectivity index (χ3v) is 9.00. The number of alkyl halides is 3. The van der Waals surface area contributed by atoms with Gasteiger partial charge in [0.05, 0.1) is 17.4 Å². The van der Waals surface area contributed by atoms with E-state index in [-0.39, 0.29) is 43.2 Å². The number of benzene rings is 2. The van der Waals surface area contributed by atoms with E-state index in [1.54, 1.807) is 26.0 Å². The maximum atomic E-state index is 13.7. The summed E-state index contributed by atoms with van der Waals surface area (Å²) in [4.78, 5) is 31.6. The van der Waals surface area contributed by atoms with Crippen molar-refractivity contribution in [3.8, 4) is 11.6 Å². The van der Waals surface area contributed by atoms with Crippen LogP contribution in [0.4, 0.5) is 17.6 Å². The average molecular weight is 608 g/mol. The van der Waals surface area contributed by atoms with E-state index in [9.17, 15) is 40.7 Å². The molecule has 2 aliphatic heterocycles. The fraction of sp³-hybridized carbons (Fsp3) is 0.296. The SMILES string of the molecule is Cc1cc(-n2c(O)c[nH]c2=O)cc(C)c1C=CS(=O)(=O)N1CCC2(CC1)N=C(c1ccc(F)c(C(F)(F)F)c1)NC2=O. The Morgan fingerprint density at radius 1 is 1.07 bits per heavy atom. The number of aromatic nitrogens is 2. The predicted molar refractivity (Wildman–Crippen MR) is 145 cm³/mol. The third kappa shape index (κ3) is 5.25. The first-order chi connectivity index (χ1) is 19.6. The fourth-order valence-electron chi connectivity index (χ4n) is 5.19. The number of aromatic amines is 1. The molecule has 1 fully saturated rings. The van der Waals surface area contributed by atoms with Gasteiger partial charge in [0.1, 0.15) is 17.2 Å². The van der Waals surface area contributed by atoms with E-state index < -0.39 is 44.7 Å².